The first-order valence-electron chi connectivity index (χ1n) is 7.85. The molecule has 0 spiro atoms. The Hall–Kier alpha value is -2.31. The molecule has 0 fully saturated rings. The Morgan fingerprint density at radius 2 is 1.88 bits per heavy atom. The molecule has 3 aromatic rings. The predicted octanol–water partition coefficient (Wildman–Crippen LogP) is 4.26. The van der Waals surface area contributed by atoms with Crippen molar-refractivity contribution in [3.05, 3.63) is 53.6 Å². The van der Waals surface area contributed by atoms with Gasteiger partial charge in [-0.15, -0.1) is 0 Å². The second kappa shape index (κ2) is 8.18. The van der Waals surface area contributed by atoms with Gasteiger partial charge in [0.2, 0.25) is 5.91 Å². The molecule has 0 aliphatic heterocycles. The Morgan fingerprint density at radius 1 is 1.12 bits per heavy atom. The molecule has 1 amide bonds. The van der Waals surface area contributed by atoms with Crippen LogP contribution in [0.25, 0.3) is 10.9 Å². The molecule has 0 aliphatic carbocycles. The van der Waals surface area contributed by atoms with Crippen LogP contribution in [0, 0.1) is 0 Å². The van der Waals surface area contributed by atoms with Crippen LogP contribution in [0.1, 0.15) is 6.92 Å². The topological polar surface area (TPSA) is 66.9 Å². The number of halogens is 1. The maximum absolute atomic E-state index is 11.7. The fourth-order valence-electron chi connectivity index (χ4n) is 2.28. The summed E-state index contributed by atoms with van der Waals surface area (Å²) < 4.78 is 0. The molecule has 128 valence electrons. The van der Waals surface area contributed by atoms with E-state index >= 15 is 0 Å². The summed E-state index contributed by atoms with van der Waals surface area (Å²) in [6.45, 7) is 2.50. The summed E-state index contributed by atoms with van der Waals surface area (Å²) in [6.07, 6.45) is 0. The number of benzene rings is 2. The molecule has 1 heterocycles. The van der Waals surface area contributed by atoms with Crippen molar-refractivity contribution in [3.63, 3.8) is 0 Å². The van der Waals surface area contributed by atoms with Gasteiger partial charge in [0.05, 0.1) is 22.0 Å². The van der Waals surface area contributed by atoms with E-state index in [0.29, 0.717) is 22.5 Å². The minimum atomic E-state index is -0.0372. The number of hydrogen-bond acceptors (Lipinski definition) is 5. The fourth-order valence-corrected chi connectivity index (χ4v) is 3.15. The van der Waals surface area contributed by atoms with E-state index in [0.717, 1.165) is 16.6 Å². The Balaban J connectivity index is 1.92. The van der Waals surface area contributed by atoms with Gasteiger partial charge in [-0.2, -0.15) is 0 Å². The van der Waals surface area contributed by atoms with Gasteiger partial charge in [0.1, 0.15) is 5.82 Å². The van der Waals surface area contributed by atoms with E-state index in [1.54, 1.807) is 0 Å². The Bertz CT molecular complexity index is 903. The molecule has 0 aliphatic rings. The number of nitrogens with zero attached hydrogens (tertiary/aromatic N) is 2. The highest BCUT2D eigenvalue weighted by Crippen LogP contribution is 2.29. The van der Waals surface area contributed by atoms with Crippen molar-refractivity contribution in [1.29, 1.82) is 0 Å². The summed E-state index contributed by atoms with van der Waals surface area (Å²) in [4.78, 5) is 20.8. The van der Waals surface area contributed by atoms with E-state index in [-0.39, 0.29) is 11.7 Å². The maximum Gasteiger partial charge on any atom is 0.230 e. The number of anilines is 2. The third-order valence-corrected chi connectivity index (χ3v) is 4.59. The zero-order valence-electron chi connectivity index (χ0n) is 13.6. The van der Waals surface area contributed by atoms with Crippen LogP contribution < -0.4 is 10.6 Å². The molecule has 3 rings (SSSR count). The number of hydrogen-bond donors (Lipinski definition) is 2. The summed E-state index contributed by atoms with van der Waals surface area (Å²) in [5.74, 6) is 0.902. The van der Waals surface area contributed by atoms with Crippen LogP contribution in [-0.4, -0.2) is 28.2 Å². The second-order valence-electron chi connectivity index (χ2n) is 5.22. The summed E-state index contributed by atoms with van der Waals surface area (Å²) in [5.41, 5.74) is 1.58. The van der Waals surface area contributed by atoms with Gasteiger partial charge in [0.15, 0.2) is 5.16 Å². The lowest BCUT2D eigenvalue weighted by Gasteiger charge is -2.11. The van der Waals surface area contributed by atoms with E-state index < -0.39 is 0 Å². The lowest BCUT2D eigenvalue weighted by molar-refractivity contribution is -0.118. The molecule has 2 N–H and O–H groups in total. The first kappa shape index (κ1) is 17.5. The standard InChI is InChI=1S/C18H17ClN4OS/c1-2-20-16(24)11-25-18-22-14-9-5-3-7-12(14)17(23-18)21-15-10-6-4-8-13(15)19/h3-10H,2,11H2,1H3,(H,20,24)(H,21,22,23). The Labute approximate surface area is 155 Å². The zero-order valence-corrected chi connectivity index (χ0v) is 15.2. The predicted molar refractivity (Wildman–Crippen MR) is 104 cm³/mol. The SMILES string of the molecule is CCNC(=O)CSc1nc(Nc2ccccc2Cl)c2ccccc2n1. The monoisotopic (exact) mass is 372 g/mol. The lowest BCUT2D eigenvalue weighted by Crippen LogP contribution is -2.24. The van der Waals surface area contributed by atoms with Crippen LogP contribution in [0.4, 0.5) is 11.5 Å². The van der Waals surface area contributed by atoms with Crippen LogP contribution in [0.3, 0.4) is 0 Å². The van der Waals surface area contributed by atoms with Gasteiger partial charge in [0.25, 0.3) is 0 Å². The Morgan fingerprint density at radius 3 is 2.68 bits per heavy atom. The summed E-state index contributed by atoms with van der Waals surface area (Å²) >= 11 is 7.54. The summed E-state index contributed by atoms with van der Waals surface area (Å²) in [5, 5.41) is 8.09. The smallest absolute Gasteiger partial charge is 0.230 e. The van der Waals surface area contributed by atoms with Gasteiger partial charge in [-0.05, 0) is 31.2 Å². The average molecular weight is 373 g/mol. The molecule has 0 bridgehead atoms. The lowest BCUT2D eigenvalue weighted by atomic mass is 10.2. The number of fused-ring (bicyclic) bond motifs is 1. The summed E-state index contributed by atoms with van der Waals surface area (Å²) in [6, 6.07) is 15.2. The van der Waals surface area contributed by atoms with Crippen LogP contribution in [0.2, 0.25) is 5.02 Å². The van der Waals surface area contributed by atoms with Crippen molar-refractivity contribution in [2.75, 3.05) is 17.6 Å². The van der Waals surface area contributed by atoms with E-state index in [2.05, 4.69) is 20.6 Å². The van der Waals surface area contributed by atoms with Crippen molar-refractivity contribution in [2.24, 2.45) is 0 Å². The number of thioether (sulfide) groups is 1. The fraction of sp³-hybridized carbons (Fsp3) is 0.167. The molecule has 1 aromatic heterocycles. The van der Waals surface area contributed by atoms with Gasteiger partial charge in [-0.1, -0.05) is 47.6 Å². The number of carbonyl (C=O) groups excluding carboxylic acids is 1. The number of carbonyl (C=O) groups is 1. The number of rotatable bonds is 6. The Kier molecular flexibility index (Phi) is 5.73. The first-order valence-corrected chi connectivity index (χ1v) is 9.21. The van der Waals surface area contributed by atoms with E-state index in [1.165, 1.54) is 11.8 Å². The van der Waals surface area contributed by atoms with Gasteiger partial charge in [-0.25, -0.2) is 9.97 Å². The van der Waals surface area contributed by atoms with E-state index in [9.17, 15) is 4.79 Å². The van der Waals surface area contributed by atoms with Crippen molar-refractivity contribution in [3.8, 4) is 0 Å². The molecule has 2 aromatic carbocycles. The molecule has 0 saturated heterocycles. The minimum Gasteiger partial charge on any atom is -0.356 e. The van der Waals surface area contributed by atoms with Crippen molar-refractivity contribution in [2.45, 2.75) is 12.1 Å². The second-order valence-corrected chi connectivity index (χ2v) is 6.57. The number of aromatic nitrogens is 2. The van der Waals surface area contributed by atoms with Crippen molar-refractivity contribution in [1.82, 2.24) is 15.3 Å². The maximum atomic E-state index is 11.7. The van der Waals surface area contributed by atoms with Crippen molar-refractivity contribution < 1.29 is 4.79 Å². The first-order chi connectivity index (χ1) is 12.2. The van der Waals surface area contributed by atoms with Gasteiger partial charge in [-0.3, -0.25) is 4.79 Å². The number of amides is 1. The largest absolute Gasteiger partial charge is 0.356 e. The van der Waals surface area contributed by atoms with Gasteiger partial charge < -0.3 is 10.6 Å². The molecule has 0 radical (unpaired) electrons. The summed E-state index contributed by atoms with van der Waals surface area (Å²) in [7, 11) is 0. The minimum absolute atomic E-state index is 0.0372. The van der Waals surface area contributed by atoms with Gasteiger partial charge >= 0.3 is 0 Å². The molecule has 5 nitrogen and oxygen atoms in total. The highest BCUT2D eigenvalue weighted by atomic mass is 35.5. The quantitative estimate of drug-likeness (QED) is 0.500. The molecular weight excluding hydrogens is 356 g/mol. The highest BCUT2D eigenvalue weighted by Gasteiger charge is 2.11. The third-order valence-electron chi connectivity index (χ3n) is 3.42. The van der Waals surface area contributed by atoms with E-state index in [1.807, 2.05) is 55.5 Å². The molecule has 0 saturated carbocycles. The van der Waals surface area contributed by atoms with Crippen LogP contribution >= 0.6 is 23.4 Å². The van der Waals surface area contributed by atoms with Crippen LogP contribution in [0.5, 0.6) is 0 Å². The normalized spacial score (nSPS) is 10.6. The van der Waals surface area contributed by atoms with Crippen LogP contribution in [-0.2, 0) is 4.79 Å². The molecule has 25 heavy (non-hydrogen) atoms. The average Bonchev–Trinajstić information content (AvgIpc) is 2.62. The van der Waals surface area contributed by atoms with Gasteiger partial charge in [0, 0.05) is 11.9 Å². The molecule has 0 unspecified atom stereocenters. The van der Waals surface area contributed by atoms with Crippen LogP contribution in [0.15, 0.2) is 53.7 Å². The third kappa shape index (κ3) is 4.41. The molecule has 0 atom stereocenters. The number of nitrogens with one attached hydrogen (secondary N) is 2. The van der Waals surface area contributed by atoms with Crippen molar-refractivity contribution >= 4 is 51.7 Å². The number of para-hydroxylation sites is 2. The molecular formula is C18H17ClN4OS. The van der Waals surface area contributed by atoms with E-state index in [4.69, 9.17) is 11.6 Å². The highest BCUT2D eigenvalue weighted by molar-refractivity contribution is 7.99. The molecule has 7 heteroatoms. The zero-order chi connectivity index (χ0) is 17.6.